The van der Waals surface area contributed by atoms with Gasteiger partial charge < -0.3 is 15.2 Å². The smallest absolute Gasteiger partial charge is 0.408 e. The number of nitrogens with one attached hydrogen (secondary N) is 1. The Bertz CT molecular complexity index is 475. The number of carboxylic acid groups (broad SMARTS) is 1. The van der Waals surface area contributed by atoms with Crippen LogP contribution >= 0.6 is 0 Å². The van der Waals surface area contributed by atoms with Gasteiger partial charge in [0.2, 0.25) is 0 Å². The number of aliphatic carboxylic acids is 1. The van der Waals surface area contributed by atoms with Crippen molar-refractivity contribution in [3.05, 3.63) is 48.3 Å². The molecule has 102 valence electrons. The zero-order chi connectivity index (χ0) is 14.3. The van der Waals surface area contributed by atoms with Crippen molar-refractivity contribution in [2.75, 3.05) is 6.61 Å². The van der Waals surface area contributed by atoms with Crippen molar-refractivity contribution in [2.45, 2.75) is 12.5 Å². The summed E-state index contributed by atoms with van der Waals surface area (Å²) in [5.41, 5.74) is 0.469. The van der Waals surface area contributed by atoms with E-state index in [0.717, 1.165) is 0 Å². The van der Waals surface area contributed by atoms with E-state index in [9.17, 15) is 14.0 Å². The molecule has 0 saturated carbocycles. The van der Waals surface area contributed by atoms with Crippen LogP contribution in [0.4, 0.5) is 9.18 Å². The summed E-state index contributed by atoms with van der Waals surface area (Å²) in [5, 5.41) is 11.2. The first-order chi connectivity index (χ1) is 9.02. The molecule has 1 aromatic rings. The van der Waals surface area contributed by atoms with Gasteiger partial charge in [0.25, 0.3) is 0 Å². The van der Waals surface area contributed by atoms with Crippen molar-refractivity contribution < 1.29 is 23.8 Å². The van der Waals surface area contributed by atoms with Crippen molar-refractivity contribution in [1.29, 1.82) is 0 Å². The standard InChI is InChI=1S/C13H14FNO4/c1-2-6-19-13(18)15-11(12(16)17)8-9-4-3-5-10(14)7-9/h2-5,7,11H,1,6,8H2,(H,15,18)(H,16,17)/t11-/m1/s1. The molecular weight excluding hydrogens is 253 g/mol. The molecule has 0 aliphatic heterocycles. The Morgan fingerprint density at radius 1 is 1.53 bits per heavy atom. The highest BCUT2D eigenvalue weighted by molar-refractivity contribution is 5.80. The minimum Gasteiger partial charge on any atom is -0.480 e. The Morgan fingerprint density at radius 3 is 2.84 bits per heavy atom. The minimum absolute atomic E-state index is 0.0157. The average Bonchev–Trinajstić information content (AvgIpc) is 2.35. The summed E-state index contributed by atoms with van der Waals surface area (Å²) in [6, 6.07) is 4.34. The first kappa shape index (κ1) is 14.7. The van der Waals surface area contributed by atoms with Gasteiger partial charge in [-0.05, 0) is 17.7 Å². The summed E-state index contributed by atoms with van der Waals surface area (Å²) < 4.78 is 17.6. The van der Waals surface area contributed by atoms with Crippen LogP contribution in [-0.2, 0) is 16.0 Å². The summed E-state index contributed by atoms with van der Waals surface area (Å²) in [6.45, 7) is 3.35. The Morgan fingerprint density at radius 2 is 2.26 bits per heavy atom. The van der Waals surface area contributed by atoms with Crippen molar-refractivity contribution in [3.63, 3.8) is 0 Å². The van der Waals surface area contributed by atoms with Crippen molar-refractivity contribution >= 4 is 12.1 Å². The van der Waals surface area contributed by atoms with Gasteiger partial charge in [0.05, 0.1) is 0 Å². The summed E-state index contributed by atoms with van der Waals surface area (Å²) >= 11 is 0. The second-order valence-electron chi connectivity index (χ2n) is 3.76. The van der Waals surface area contributed by atoms with Crippen LogP contribution in [0.5, 0.6) is 0 Å². The second kappa shape index (κ2) is 7.15. The molecule has 0 spiro atoms. The molecule has 0 radical (unpaired) electrons. The lowest BCUT2D eigenvalue weighted by Crippen LogP contribution is -2.42. The van der Waals surface area contributed by atoms with Crippen LogP contribution in [0.25, 0.3) is 0 Å². The molecular formula is C13H14FNO4. The number of carboxylic acids is 1. The number of rotatable bonds is 6. The van der Waals surface area contributed by atoms with E-state index in [2.05, 4.69) is 16.6 Å². The van der Waals surface area contributed by atoms with Crippen LogP contribution in [0.15, 0.2) is 36.9 Å². The Hall–Kier alpha value is -2.37. The number of carbonyl (C=O) groups excluding carboxylic acids is 1. The highest BCUT2D eigenvalue weighted by atomic mass is 19.1. The largest absolute Gasteiger partial charge is 0.480 e. The molecule has 1 aromatic carbocycles. The van der Waals surface area contributed by atoms with E-state index in [1.54, 1.807) is 6.07 Å². The Labute approximate surface area is 109 Å². The van der Waals surface area contributed by atoms with E-state index in [1.807, 2.05) is 0 Å². The minimum atomic E-state index is -1.22. The Kier molecular flexibility index (Phi) is 5.53. The maximum atomic E-state index is 13.0. The quantitative estimate of drug-likeness (QED) is 0.770. The predicted octanol–water partition coefficient (Wildman–Crippen LogP) is 1.73. The van der Waals surface area contributed by atoms with Gasteiger partial charge in [-0.3, -0.25) is 0 Å². The molecule has 1 rings (SSSR count). The lowest BCUT2D eigenvalue weighted by Gasteiger charge is -2.14. The fraction of sp³-hybridized carbons (Fsp3) is 0.231. The van der Waals surface area contributed by atoms with Gasteiger partial charge in [-0.1, -0.05) is 24.8 Å². The summed E-state index contributed by atoms with van der Waals surface area (Å²) in [6.07, 6.45) is 0.474. The number of amides is 1. The van der Waals surface area contributed by atoms with Crippen LogP contribution in [-0.4, -0.2) is 29.8 Å². The van der Waals surface area contributed by atoms with E-state index < -0.39 is 23.9 Å². The van der Waals surface area contributed by atoms with Crippen LogP contribution in [0.3, 0.4) is 0 Å². The van der Waals surface area contributed by atoms with Gasteiger partial charge in [-0.15, -0.1) is 0 Å². The van der Waals surface area contributed by atoms with Crippen LogP contribution in [0.2, 0.25) is 0 Å². The van der Waals surface area contributed by atoms with Gasteiger partial charge in [0, 0.05) is 6.42 Å². The molecule has 0 saturated heterocycles. The third kappa shape index (κ3) is 5.20. The molecule has 6 heteroatoms. The molecule has 0 heterocycles. The number of ether oxygens (including phenoxy) is 1. The molecule has 0 aliphatic carbocycles. The topological polar surface area (TPSA) is 75.6 Å². The maximum Gasteiger partial charge on any atom is 0.408 e. The number of carbonyl (C=O) groups is 2. The predicted molar refractivity (Wildman–Crippen MR) is 66.2 cm³/mol. The summed E-state index contributed by atoms with van der Waals surface area (Å²) in [4.78, 5) is 22.3. The molecule has 0 unspecified atom stereocenters. The van der Waals surface area contributed by atoms with Gasteiger partial charge in [-0.25, -0.2) is 14.0 Å². The number of hydrogen-bond acceptors (Lipinski definition) is 3. The molecule has 19 heavy (non-hydrogen) atoms. The fourth-order valence-corrected chi connectivity index (χ4v) is 1.42. The number of benzene rings is 1. The maximum absolute atomic E-state index is 13.0. The van der Waals surface area contributed by atoms with Gasteiger partial charge >= 0.3 is 12.1 Å². The highest BCUT2D eigenvalue weighted by Gasteiger charge is 2.21. The zero-order valence-electron chi connectivity index (χ0n) is 10.1. The monoisotopic (exact) mass is 267 g/mol. The molecule has 1 atom stereocenters. The molecule has 0 aliphatic rings. The fourth-order valence-electron chi connectivity index (χ4n) is 1.42. The summed E-state index contributed by atoms with van der Waals surface area (Å²) in [5.74, 6) is -1.68. The lowest BCUT2D eigenvalue weighted by molar-refractivity contribution is -0.139. The van der Waals surface area contributed by atoms with Gasteiger partial charge in [0.15, 0.2) is 0 Å². The van der Waals surface area contributed by atoms with Crippen molar-refractivity contribution in [2.24, 2.45) is 0 Å². The van der Waals surface area contributed by atoms with Crippen LogP contribution in [0, 0.1) is 5.82 Å². The first-order valence-electron chi connectivity index (χ1n) is 5.54. The van der Waals surface area contributed by atoms with E-state index in [-0.39, 0.29) is 13.0 Å². The number of hydrogen-bond donors (Lipinski definition) is 2. The zero-order valence-corrected chi connectivity index (χ0v) is 10.1. The number of alkyl carbamates (subject to hydrolysis) is 1. The molecule has 0 aromatic heterocycles. The molecule has 0 fully saturated rings. The molecule has 0 bridgehead atoms. The molecule has 1 amide bonds. The van der Waals surface area contributed by atoms with Gasteiger partial charge in [0.1, 0.15) is 18.5 Å². The van der Waals surface area contributed by atoms with E-state index in [1.165, 1.54) is 24.3 Å². The van der Waals surface area contributed by atoms with E-state index in [0.29, 0.717) is 5.56 Å². The Balaban J connectivity index is 2.65. The van der Waals surface area contributed by atoms with Gasteiger partial charge in [-0.2, -0.15) is 0 Å². The van der Waals surface area contributed by atoms with Crippen molar-refractivity contribution in [3.8, 4) is 0 Å². The second-order valence-corrected chi connectivity index (χ2v) is 3.76. The highest BCUT2D eigenvalue weighted by Crippen LogP contribution is 2.07. The van der Waals surface area contributed by atoms with Crippen molar-refractivity contribution in [1.82, 2.24) is 5.32 Å². The third-order valence-electron chi connectivity index (χ3n) is 2.25. The van der Waals surface area contributed by atoms with Crippen LogP contribution in [0.1, 0.15) is 5.56 Å². The third-order valence-corrected chi connectivity index (χ3v) is 2.25. The number of halogens is 1. The lowest BCUT2D eigenvalue weighted by atomic mass is 10.1. The molecule has 2 N–H and O–H groups in total. The van der Waals surface area contributed by atoms with E-state index >= 15 is 0 Å². The SMILES string of the molecule is C=CCOC(=O)N[C@H](Cc1cccc(F)c1)C(=O)O. The normalized spacial score (nSPS) is 11.4. The average molecular weight is 267 g/mol. The van der Waals surface area contributed by atoms with Crippen LogP contribution < -0.4 is 5.32 Å². The van der Waals surface area contributed by atoms with E-state index in [4.69, 9.17) is 5.11 Å². The molecule has 5 nitrogen and oxygen atoms in total. The first-order valence-corrected chi connectivity index (χ1v) is 5.54. The summed E-state index contributed by atoms with van der Waals surface area (Å²) in [7, 11) is 0.